The first-order valence-electron chi connectivity index (χ1n) is 5.94. The Morgan fingerprint density at radius 3 is 3.00 bits per heavy atom. The fourth-order valence-electron chi connectivity index (χ4n) is 2.56. The molecule has 0 aliphatic heterocycles. The Hall–Kier alpha value is -1.51. The molecule has 1 aromatic heterocycles. The quantitative estimate of drug-likeness (QED) is 0.837. The van der Waals surface area contributed by atoms with Crippen molar-refractivity contribution >= 4 is 17.0 Å². The van der Waals surface area contributed by atoms with E-state index in [4.69, 9.17) is 5.73 Å². The minimum absolute atomic E-state index is 0.580. The number of imidazole rings is 1. The van der Waals surface area contributed by atoms with Gasteiger partial charge in [-0.05, 0) is 37.0 Å². The number of anilines is 1. The van der Waals surface area contributed by atoms with Crippen LogP contribution in [0.15, 0.2) is 18.2 Å². The molecule has 2 N–H and O–H groups in total. The number of nitrogens with two attached hydrogens (primary N) is 1. The molecule has 1 aliphatic carbocycles. The standard InChI is InChI=1S/C13H17N3/c1-3-9-7-11(9)16-12-6-8(2)4-5-10(12)15-13(16)14/h4-6,9,11H,3,7H2,1-2H3,(H2,14,15). The largest absolute Gasteiger partial charge is 0.369 e. The molecule has 1 heterocycles. The van der Waals surface area contributed by atoms with Crippen LogP contribution in [0.3, 0.4) is 0 Å². The molecular formula is C13H17N3. The summed E-state index contributed by atoms with van der Waals surface area (Å²) in [6, 6.07) is 6.91. The molecule has 0 radical (unpaired) electrons. The Morgan fingerprint density at radius 2 is 2.31 bits per heavy atom. The molecule has 1 saturated carbocycles. The Morgan fingerprint density at radius 1 is 1.50 bits per heavy atom. The third-order valence-corrected chi connectivity index (χ3v) is 3.61. The van der Waals surface area contributed by atoms with Gasteiger partial charge < -0.3 is 10.3 Å². The third-order valence-electron chi connectivity index (χ3n) is 3.61. The third kappa shape index (κ3) is 1.31. The Kier molecular flexibility index (Phi) is 1.96. The maximum absolute atomic E-state index is 6.01. The van der Waals surface area contributed by atoms with E-state index in [-0.39, 0.29) is 0 Å². The first-order valence-corrected chi connectivity index (χ1v) is 5.94. The van der Waals surface area contributed by atoms with Crippen molar-refractivity contribution in [2.45, 2.75) is 32.7 Å². The summed E-state index contributed by atoms with van der Waals surface area (Å²) in [6.07, 6.45) is 2.48. The smallest absolute Gasteiger partial charge is 0.201 e. The molecular weight excluding hydrogens is 198 g/mol. The van der Waals surface area contributed by atoms with E-state index in [0.717, 1.165) is 11.4 Å². The van der Waals surface area contributed by atoms with Crippen LogP contribution < -0.4 is 5.73 Å². The molecule has 0 saturated heterocycles. The topological polar surface area (TPSA) is 43.8 Å². The van der Waals surface area contributed by atoms with Gasteiger partial charge in [-0.25, -0.2) is 4.98 Å². The van der Waals surface area contributed by atoms with Crippen LogP contribution in [0.5, 0.6) is 0 Å². The number of nitrogen functional groups attached to an aromatic ring is 1. The number of benzene rings is 1. The predicted octanol–water partition coefficient (Wildman–Crippen LogP) is 2.90. The molecule has 3 nitrogen and oxygen atoms in total. The van der Waals surface area contributed by atoms with E-state index in [0.29, 0.717) is 12.0 Å². The number of aromatic nitrogens is 2. The highest BCUT2D eigenvalue weighted by Crippen LogP contribution is 2.48. The predicted molar refractivity (Wildman–Crippen MR) is 66.3 cm³/mol. The molecule has 0 spiro atoms. The maximum Gasteiger partial charge on any atom is 0.201 e. The zero-order valence-corrected chi connectivity index (χ0v) is 9.77. The van der Waals surface area contributed by atoms with E-state index in [9.17, 15) is 0 Å². The monoisotopic (exact) mass is 215 g/mol. The summed E-state index contributed by atoms with van der Waals surface area (Å²) in [5.41, 5.74) is 9.49. The lowest BCUT2D eigenvalue weighted by Gasteiger charge is -2.05. The van der Waals surface area contributed by atoms with Crippen molar-refractivity contribution in [2.24, 2.45) is 5.92 Å². The van der Waals surface area contributed by atoms with Crippen molar-refractivity contribution in [1.29, 1.82) is 0 Å². The van der Waals surface area contributed by atoms with Crippen LogP contribution >= 0.6 is 0 Å². The number of hydrogen-bond acceptors (Lipinski definition) is 2. The highest BCUT2D eigenvalue weighted by Gasteiger charge is 2.38. The number of aryl methyl sites for hydroxylation is 1. The summed E-state index contributed by atoms with van der Waals surface area (Å²) in [5.74, 6) is 1.46. The summed E-state index contributed by atoms with van der Waals surface area (Å²) in [4.78, 5) is 4.42. The van der Waals surface area contributed by atoms with E-state index >= 15 is 0 Å². The average Bonchev–Trinajstić information content (AvgIpc) is 2.95. The van der Waals surface area contributed by atoms with Gasteiger partial charge in [0.1, 0.15) is 0 Å². The van der Waals surface area contributed by atoms with Crippen LogP contribution in [0.4, 0.5) is 5.95 Å². The van der Waals surface area contributed by atoms with E-state index < -0.39 is 0 Å². The molecule has 16 heavy (non-hydrogen) atoms. The Bertz CT molecular complexity index is 541. The molecule has 0 bridgehead atoms. The SMILES string of the molecule is CCC1CC1n1c(N)nc2ccc(C)cc21. The summed E-state index contributed by atoms with van der Waals surface area (Å²) in [6.45, 7) is 4.35. The zero-order valence-electron chi connectivity index (χ0n) is 9.77. The molecule has 2 atom stereocenters. The van der Waals surface area contributed by atoms with Crippen LogP contribution in [-0.4, -0.2) is 9.55 Å². The van der Waals surface area contributed by atoms with Crippen molar-refractivity contribution in [1.82, 2.24) is 9.55 Å². The number of hydrogen-bond donors (Lipinski definition) is 1. The second-order valence-corrected chi connectivity index (χ2v) is 4.80. The van der Waals surface area contributed by atoms with Crippen LogP contribution in [0.25, 0.3) is 11.0 Å². The van der Waals surface area contributed by atoms with E-state index in [2.05, 4.69) is 41.6 Å². The molecule has 0 amide bonds. The molecule has 1 fully saturated rings. The molecule has 1 aromatic carbocycles. The van der Waals surface area contributed by atoms with Gasteiger partial charge in [-0.1, -0.05) is 19.4 Å². The first kappa shape index (κ1) is 9.70. The van der Waals surface area contributed by atoms with Crippen molar-refractivity contribution in [3.63, 3.8) is 0 Å². The molecule has 1 aliphatic rings. The number of rotatable bonds is 2. The maximum atomic E-state index is 6.01. The van der Waals surface area contributed by atoms with Crippen LogP contribution in [0, 0.1) is 12.8 Å². The van der Waals surface area contributed by atoms with Crippen molar-refractivity contribution in [3.8, 4) is 0 Å². The summed E-state index contributed by atoms with van der Waals surface area (Å²) in [7, 11) is 0. The second kappa shape index (κ2) is 3.24. The van der Waals surface area contributed by atoms with Gasteiger partial charge >= 0.3 is 0 Å². The highest BCUT2D eigenvalue weighted by atomic mass is 15.2. The van der Waals surface area contributed by atoms with Crippen molar-refractivity contribution < 1.29 is 0 Å². The molecule has 2 aromatic rings. The lowest BCUT2D eigenvalue weighted by atomic mass is 10.2. The van der Waals surface area contributed by atoms with Gasteiger partial charge in [-0.15, -0.1) is 0 Å². The Labute approximate surface area is 95.3 Å². The molecule has 3 rings (SSSR count). The van der Waals surface area contributed by atoms with Gasteiger partial charge in [0.25, 0.3) is 0 Å². The van der Waals surface area contributed by atoms with Crippen molar-refractivity contribution in [2.75, 3.05) is 5.73 Å². The van der Waals surface area contributed by atoms with E-state index in [1.54, 1.807) is 0 Å². The number of fused-ring (bicyclic) bond motifs is 1. The van der Waals surface area contributed by atoms with Crippen molar-refractivity contribution in [3.05, 3.63) is 23.8 Å². The first-order chi connectivity index (χ1) is 7.70. The minimum Gasteiger partial charge on any atom is -0.369 e. The van der Waals surface area contributed by atoms with Crippen LogP contribution in [-0.2, 0) is 0 Å². The van der Waals surface area contributed by atoms with Gasteiger partial charge in [0.15, 0.2) is 0 Å². The lowest BCUT2D eigenvalue weighted by Crippen LogP contribution is -2.02. The van der Waals surface area contributed by atoms with Gasteiger partial charge in [-0.3, -0.25) is 0 Å². The van der Waals surface area contributed by atoms with E-state index in [1.165, 1.54) is 23.9 Å². The van der Waals surface area contributed by atoms with Gasteiger partial charge in [0, 0.05) is 6.04 Å². The summed E-state index contributed by atoms with van der Waals surface area (Å²) in [5, 5.41) is 0. The van der Waals surface area contributed by atoms with Gasteiger partial charge in [0.05, 0.1) is 11.0 Å². The van der Waals surface area contributed by atoms with Gasteiger partial charge in [-0.2, -0.15) is 0 Å². The minimum atomic E-state index is 0.580. The average molecular weight is 215 g/mol. The summed E-state index contributed by atoms with van der Waals surface area (Å²) < 4.78 is 2.22. The van der Waals surface area contributed by atoms with Crippen LogP contribution in [0.2, 0.25) is 0 Å². The Balaban J connectivity index is 2.15. The summed E-state index contributed by atoms with van der Waals surface area (Å²) >= 11 is 0. The normalized spacial score (nSPS) is 23.9. The molecule has 2 unspecified atom stereocenters. The van der Waals surface area contributed by atoms with Crippen LogP contribution in [0.1, 0.15) is 31.4 Å². The highest BCUT2D eigenvalue weighted by molar-refractivity contribution is 5.79. The second-order valence-electron chi connectivity index (χ2n) is 4.80. The molecule has 84 valence electrons. The molecule has 3 heteroatoms. The number of nitrogens with zero attached hydrogens (tertiary/aromatic N) is 2. The van der Waals surface area contributed by atoms with Gasteiger partial charge in [0.2, 0.25) is 5.95 Å². The fraction of sp³-hybridized carbons (Fsp3) is 0.462. The zero-order chi connectivity index (χ0) is 11.3. The fourth-order valence-corrected chi connectivity index (χ4v) is 2.56. The van der Waals surface area contributed by atoms with E-state index in [1.807, 2.05) is 0 Å². The lowest BCUT2D eigenvalue weighted by molar-refractivity contribution is 0.661.